The summed E-state index contributed by atoms with van der Waals surface area (Å²) >= 11 is 1.69. The van der Waals surface area contributed by atoms with E-state index in [1.807, 2.05) is 18.3 Å². The van der Waals surface area contributed by atoms with Crippen LogP contribution in [0.5, 0.6) is 0 Å². The molecule has 0 saturated heterocycles. The van der Waals surface area contributed by atoms with Crippen LogP contribution in [0, 0.1) is 6.92 Å². The first kappa shape index (κ1) is 13.6. The fraction of sp³-hybridized carbons (Fsp3) is 0.0556. The zero-order chi connectivity index (χ0) is 14.8. The second-order valence-corrected chi connectivity index (χ2v) is 6.03. The molecule has 3 rings (SSSR count). The molecule has 0 bridgehead atoms. The highest BCUT2D eigenvalue weighted by atomic mass is 32.1. The van der Waals surface area contributed by atoms with Crippen molar-refractivity contribution in [1.29, 1.82) is 0 Å². The van der Waals surface area contributed by atoms with Crippen LogP contribution in [0.4, 0.5) is 0 Å². The molecule has 2 aromatic carbocycles. The Morgan fingerprint density at radius 1 is 1.00 bits per heavy atom. The van der Waals surface area contributed by atoms with Gasteiger partial charge in [-0.05, 0) is 18.1 Å². The number of hydrogen-bond donors (Lipinski definition) is 1. The van der Waals surface area contributed by atoms with Crippen LogP contribution in [0.2, 0.25) is 0 Å². The minimum Gasteiger partial charge on any atom is -0.399 e. The molecule has 0 fully saturated rings. The van der Waals surface area contributed by atoms with Gasteiger partial charge in [-0.2, -0.15) is 0 Å². The van der Waals surface area contributed by atoms with Crippen LogP contribution < -0.4 is 5.73 Å². The van der Waals surface area contributed by atoms with Crippen LogP contribution in [-0.2, 0) is 0 Å². The Kier molecular flexibility index (Phi) is 3.59. The van der Waals surface area contributed by atoms with Gasteiger partial charge in [0, 0.05) is 17.5 Å². The fourth-order valence-corrected chi connectivity index (χ4v) is 3.01. The predicted molar refractivity (Wildman–Crippen MR) is 90.9 cm³/mol. The van der Waals surface area contributed by atoms with Crippen molar-refractivity contribution in [3.63, 3.8) is 0 Å². The Morgan fingerprint density at radius 3 is 2.24 bits per heavy atom. The van der Waals surface area contributed by atoms with E-state index in [2.05, 4.69) is 54.9 Å². The van der Waals surface area contributed by atoms with Crippen molar-refractivity contribution in [3.05, 3.63) is 72.4 Å². The van der Waals surface area contributed by atoms with Crippen molar-refractivity contribution in [1.82, 2.24) is 4.98 Å². The number of nitrogens with zero attached hydrogens (tertiary/aromatic N) is 1. The zero-order valence-electron chi connectivity index (χ0n) is 11.8. The molecule has 1 heterocycles. The summed E-state index contributed by atoms with van der Waals surface area (Å²) in [6, 6.07) is 16.5. The quantitative estimate of drug-likeness (QED) is 0.759. The molecule has 2 nitrogen and oxygen atoms in total. The van der Waals surface area contributed by atoms with Gasteiger partial charge in [0.25, 0.3) is 0 Å². The van der Waals surface area contributed by atoms with E-state index >= 15 is 0 Å². The lowest BCUT2D eigenvalue weighted by molar-refractivity contribution is 1.40. The maximum Gasteiger partial charge on any atom is 0.123 e. The van der Waals surface area contributed by atoms with Gasteiger partial charge in [-0.15, -0.1) is 11.3 Å². The third-order valence-electron chi connectivity index (χ3n) is 3.34. The molecule has 2 N–H and O–H groups in total. The lowest BCUT2D eigenvalue weighted by Crippen LogP contribution is -1.92. The highest BCUT2D eigenvalue weighted by Crippen LogP contribution is 2.32. The molecule has 3 aromatic rings. The van der Waals surface area contributed by atoms with Crippen molar-refractivity contribution in [2.75, 3.05) is 0 Å². The molecule has 0 spiro atoms. The van der Waals surface area contributed by atoms with Crippen molar-refractivity contribution in [2.45, 2.75) is 6.92 Å². The van der Waals surface area contributed by atoms with Crippen LogP contribution in [-0.4, -0.2) is 4.98 Å². The van der Waals surface area contributed by atoms with Gasteiger partial charge in [0.15, 0.2) is 0 Å². The van der Waals surface area contributed by atoms with E-state index in [1.165, 1.54) is 5.56 Å². The topological polar surface area (TPSA) is 38.9 Å². The van der Waals surface area contributed by atoms with Crippen molar-refractivity contribution < 1.29 is 0 Å². The van der Waals surface area contributed by atoms with E-state index in [4.69, 9.17) is 5.73 Å². The molecule has 1 aromatic heterocycles. The Labute approximate surface area is 128 Å². The highest BCUT2D eigenvalue weighted by Gasteiger charge is 2.06. The first-order valence-electron chi connectivity index (χ1n) is 6.71. The van der Waals surface area contributed by atoms with E-state index in [0.717, 1.165) is 26.6 Å². The van der Waals surface area contributed by atoms with Crippen LogP contribution in [0.25, 0.3) is 26.7 Å². The first-order chi connectivity index (χ1) is 10.1. The largest absolute Gasteiger partial charge is 0.399 e. The molecular weight excluding hydrogens is 276 g/mol. The second-order valence-electron chi connectivity index (χ2n) is 5.00. The summed E-state index contributed by atoms with van der Waals surface area (Å²) in [7, 11) is 0. The van der Waals surface area contributed by atoms with Gasteiger partial charge >= 0.3 is 0 Å². The first-order valence-corrected chi connectivity index (χ1v) is 7.53. The summed E-state index contributed by atoms with van der Waals surface area (Å²) in [5.41, 5.74) is 10.8. The summed E-state index contributed by atoms with van der Waals surface area (Å²) in [6.45, 7) is 5.83. The number of nitrogens with two attached hydrogens (primary N) is 1. The molecule has 0 aliphatic carbocycles. The van der Waals surface area contributed by atoms with Crippen molar-refractivity contribution in [3.8, 4) is 21.0 Å². The van der Waals surface area contributed by atoms with E-state index in [0.29, 0.717) is 5.70 Å². The maximum absolute atomic E-state index is 5.69. The zero-order valence-corrected chi connectivity index (χ0v) is 12.7. The fourth-order valence-electron chi connectivity index (χ4n) is 2.09. The molecule has 3 heteroatoms. The summed E-state index contributed by atoms with van der Waals surface area (Å²) in [5.74, 6) is 0. The number of rotatable bonds is 3. The van der Waals surface area contributed by atoms with Crippen LogP contribution in [0.3, 0.4) is 0 Å². The molecule has 0 unspecified atom stereocenters. The third kappa shape index (κ3) is 2.88. The standard InChI is InChI=1S/C18H16N2S/c1-12-3-5-16(6-4-12)18-20-11-17(21-18)15-9-7-14(8-10-15)13(2)19/h3-11H,2,19H2,1H3. The summed E-state index contributed by atoms with van der Waals surface area (Å²) in [4.78, 5) is 5.68. The number of benzene rings is 2. The number of aryl methyl sites for hydroxylation is 1. The number of thiazole rings is 1. The number of hydrogen-bond acceptors (Lipinski definition) is 3. The van der Waals surface area contributed by atoms with E-state index in [-0.39, 0.29) is 0 Å². The minimum absolute atomic E-state index is 0.589. The van der Waals surface area contributed by atoms with Gasteiger partial charge in [-0.25, -0.2) is 4.98 Å². The highest BCUT2D eigenvalue weighted by molar-refractivity contribution is 7.18. The Bertz CT molecular complexity index is 768. The van der Waals surface area contributed by atoms with Crippen molar-refractivity contribution in [2.24, 2.45) is 5.73 Å². The summed E-state index contributed by atoms with van der Waals surface area (Å²) in [5, 5.41) is 1.04. The molecule has 21 heavy (non-hydrogen) atoms. The van der Waals surface area contributed by atoms with Crippen molar-refractivity contribution >= 4 is 17.0 Å². The smallest absolute Gasteiger partial charge is 0.123 e. The maximum atomic E-state index is 5.69. The average molecular weight is 292 g/mol. The van der Waals surface area contributed by atoms with Gasteiger partial charge in [0.1, 0.15) is 5.01 Å². The second kappa shape index (κ2) is 5.54. The molecule has 0 aliphatic heterocycles. The van der Waals surface area contributed by atoms with E-state index < -0.39 is 0 Å². The minimum atomic E-state index is 0.589. The Balaban J connectivity index is 1.90. The van der Waals surface area contributed by atoms with E-state index in [9.17, 15) is 0 Å². The van der Waals surface area contributed by atoms with Gasteiger partial charge in [0.2, 0.25) is 0 Å². The molecule has 0 aliphatic rings. The normalized spacial score (nSPS) is 10.5. The van der Waals surface area contributed by atoms with Crippen LogP contribution >= 0.6 is 11.3 Å². The molecule has 0 saturated carbocycles. The summed E-state index contributed by atoms with van der Waals surface area (Å²) in [6.07, 6.45) is 1.92. The van der Waals surface area contributed by atoms with Gasteiger partial charge < -0.3 is 5.73 Å². The van der Waals surface area contributed by atoms with Crippen LogP contribution in [0.1, 0.15) is 11.1 Å². The predicted octanol–water partition coefficient (Wildman–Crippen LogP) is 4.71. The SMILES string of the molecule is C=C(N)c1ccc(-c2cnc(-c3ccc(C)cc3)s2)cc1. The van der Waals surface area contributed by atoms with Crippen LogP contribution in [0.15, 0.2) is 61.3 Å². The lowest BCUT2D eigenvalue weighted by Gasteiger charge is -2.01. The van der Waals surface area contributed by atoms with E-state index in [1.54, 1.807) is 11.3 Å². The number of aromatic nitrogens is 1. The average Bonchev–Trinajstić information content (AvgIpc) is 2.98. The molecule has 104 valence electrons. The monoisotopic (exact) mass is 292 g/mol. The molecular formula is C18H16N2S. The Morgan fingerprint density at radius 2 is 1.62 bits per heavy atom. The molecule has 0 amide bonds. The molecule has 0 atom stereocenters. The molecule has 0 radical (unpaired) electrons. The third-order valence-corrected chi connectivity index (χ3v) is 4.44. The van der Waals surface area contributed by atoms with Gasteiger partial charge in [-0.1, -0.05) is 60.7 Å². The van der Waals surface area contributed by atoms with Gasteiger partial charge in [-0.3, -0.25) is 0 Å². The van der Waals surface area contributed by atoms with Gasteiger partial charge in [0.05, 0.1) is 4.88 Å². The lowest BCUT2D eigenvalue weighted by atomic mass is 10.1. The Hall–Kier alpha value is -2.39. The summed E-state index contributed by atoms with van der Waals surface area (Å²) < 4.78 is 0.